The fourth-order valence-electron chi connectivity index (χ4n) is 2.52. The summed E-state index contributed by atoms with van der Waals surface area (Å²) < 4.78 is 0. The van der Waals surface area contributed by atoms with Gasteiger partial charge in [0.25, 0.3) is 0 Å². The summed E-state index contributed by atoms with van der Waals surface area (Å²) in [7, 11) is 0. The quantitative estimate of drug-likeness (QED) is 0.918. The van der Waals surface area contributed by atoms with Crippen LogP contribution in [0.25, 0.3) is 0 Å². The molecule has 1 N–H and O–H groups in total. The lowest BCUT2D eigenvalue weighted by Crippen LogP contribution is -2.46. The fourth-order valence-corrected chi connectivity index (χ4v) is 2.52. The number of nitrogens with zero attached hydrogens (tertiary/aromatic N) is 2. The summed E-state index contributed by atoms with van der Waals surface area (Å²) in [5.41, 5.74) is 2.14. The van der Waals surface area contributed by atoms with Gasteiger partial charge in [-0.05, 0) is 31.4 Å². The number of aliphatic carboxylic acids is 1. The average Bonchev–Trinajstić information content (AvgIpc) is 2.46. The van der Waals surface area contributed by atoms with E-state index in [1.54, 1.807) is 9.80 Å². The molecule has 1 aliphatic heterocycles. The van der Waals surface area contributed by atoms with E-state index in [2.05, 4.69) is 0 Å². The zero-order chi connectivity index (χ0) is 14.5. The predicted octanol–water partition coefficient (Wildman–Crippen LogP) is 2.36. The Morgan fingerprint density at radius 2 is 2.10 bits per heavy atom. The third kappa shape index (κ3) is 3.10. The number of hydrogen-bond donors (Lipinski definition) is 1. The molecule has 1 aromatic rings. The van der Waals surface area contributed by atoms with E-state index in [9.17, 15) is 9.59 Å². The van der Waals surface area contributed by atoms with Crippen LogP contribution in [0, 0.1) is 0 Å². The van der Waals surface area contributed by atoms with Gasteiger partial charge in [-0.3, -0.25) is 9.69 Å². The van der Waals surface area contributed by atoms with Crippen LogP contribution in [0.5, 0.6) is 0 Å². The molecule has 1 heterocycles. The van der Waals surface area contributed by atoms with Gasteiger partial charge in [0, 0.05) is 25.3 Å². The summed E-state index contributed by atoms with van der Waals surface area (Å²) in [5.74, 6) is -0.879. The van der Waals surface area contributed by atoms with Crippen molar-refractivity contribution in [2.75, 3.05) is 24.5 Å². The van der Waals surface area contributed by atoms with Crippen LogP contribution in [-0.4, -0.2) is 41.6 Å². The Bertz CT molecular complexity index is 502. The van der Waals surface area contributed by atoms with Crippen LogP contribution in [-0.2, 0) is 11.2 Å². The third-order valence-corrected chi connectivity index (χ3v) is 3.59. The van der Waals surface area contributed by atoms with Gasteiger partial charge >= 0.3 is 12.0 Å². The minimum absolute atomic E-state index is 0.0188. The van der Waals surface area contributed by atoms with E-state index in [1.807, 2.05) is 31.2 Å². The summed E-state index contributed by atoms with van der Waals surface area (Å²) >= 11 is 0. The fraction of sp³-hybridized carbons (Fsp3) is 0.467. The maximum atomic E-state index is 12.6. The van der Waals surface area contributed by atoms with Gasteiger partial charge in [0.1, 0.15) is 0 Å². The number of para-hydroxylation sites is 1. The molecule has 1 aliphatic rings. The number of aryl methyl sites for hydroxylation is 1. The van der Waals surface area contributed by atoms with Crippen LogP contribution in [0.2, 0.25) is 0 Å². The molecule has 2 rings (SSSR count). The molecule has 108 valence electrons. The van der Waals surface area contributed by atoms with Gasteiger partial charge in [-0.1, -0.05) is 18.2 Å². The van der Waals surface area contributed by atoms with Crippen molar-refractivity contribution in [3.63, 3.8) is 0 Å². The van der Waals surface area contributed by atoms with Crippen LogP contribution in [0.3, 0.4) is 0 Å². The smallest absolute Gasteiger partial charge is 0.324 e. The number of urea groups is 1. The van der Waals surface area contributed by atoms with E-state index in [-0.39, 0.29) is 19.0 Å². The predicted molar refractivity (Wildman–Crippen MR) is 77.0 cm³/mol. The second kappa shape index (κ2) is 6.41. The molecule has 1 aromatic carbocycles. The highest BCUT2D eigenvalue weighted by atomic mass is 16.4. The second-order valence-electron chi connectivity index (χ2n) is 4.89. The first-order valence-electron chi connectivity index (χ1n) is 6.99. The highest BCUT2D eigenvalue weighted by molar-refractivity contribution is 5.93. The molecule has 0 spiro atoms. The summed E-state index contributed by atoms with van der Waals surface area (Å²) in [4.78, 5) is 26.6. The number of carboxylic acid groups (broad SMARTS) is 1. The molecule has 0 fully saturated rings. The molecule has 2 amide bonds. The number of rotatable bonds is 4. The number of carbonyl (C=O) groups is 2. The van der Waals surface area contributed by atoms with Crippen LogP contribution in [0.15, 0.2) is 24.3 Å². The van der Waals surface area contributed by atoms with Crippen LogP contribution in [0.4, 0.5) is 10.5 Å². The molecule has 0 aliphatic carbocycles. The van der Waals surface area contributed by atoms with Crippen molar-refractivity contribution in [3.8, 4) is 0 Å². The summed E-state index contributed by atoms with van der Waals surface area (Å²) in [6.07, 6.45) is 1.91. The molecule has 0 unspecified atom stereocenters. The summed E-state index contributed by atoms with van der Waals surface area (Å²) in [6, 6.07) is 7.81. The van der Waals surface area contributed by atoms with Crippen molar-refractivity contribution in [1.82, 2.24) is 4.90 Å². The third-order valence-electron chi connectivity index (χ3n) is 3.59. The lowest BCUT2D eigenvalue weighted by Gasteiger charge is -2.33. The molecule has 0 atom stereocenters. The van der Waals surface area contributed by atoms with Crippen molar-refractivity contribution in [2.24, 2.45) is 0 Å². The minimum Gasteiger partial charge on any atom is -0.481 e. The lowest BCUT2D eigenvalue weighted by atomic mass is 10.0. The van der Waals surface area contributed by atoms with Crippen LogP contribution in [0.1, 0.15) is 25.3 Å². The van der Waals surface area contributed by atoms with Crippen molar-refractivity contribution < 1.29 is 14.7 Å². The van der Waals surface area contributed by atoms with E-state index in [0.717, 1.165) is 18.5 Å². The van der Waals surface area contributed by atoms with E-state index in [1.165, 1.54) is 5.56 Å². The first-order valence-corrected chi connectivity index (χ1v) is 6.99. The van der Waals surface area contributed by atoms with Gasteiger partial charge in [-0.15, -0.1) is 0 Å². The maximum Gasteiger partial charge on any atom is 0.324 e. The zero-order valence-corrected chi connectivity index (χ0v) is 11.7. The number of benzene rings is 1. The molecule has 5 nitrogen and oxygen atoms in total. The van der Waals surface area contributed by atoms with Crippen LogP contribution >= 0.6 is 0 Å². The van der Waals surface area contributed by atoms with Gasteiger partial charge in [-0.25, -0.2) is 4.79 Å². The van der Waals surface area contributed by atoms with Gasteiger partial charge in [0.15, 0.2) is 0 Å². The minimum atomic E-state index is -0.879. The van der Waals surface area contributed by atoms with Crippen molar-refractivity contribution in [3.05, 3.63) is 29.8 Å². The number of carbonyl (C=O) groups excluding carboxylic acids is 1. The zero-order valence-electron chi connectivity index (χ0n) is 11.7. The van der Waals surface area contributed by atoms with Crippen molar-refractivity contribution in [1.29, 1.82) is 0 Å². The SMILES string of the molecule is CCN(CCC(=O)O)C(=O)N1CCCc2ccccc21. The second-order valence-corrected chi connectivity index (χ2v) is 4.89. The Balaban J connectivity index is 2.14. The number of amides is 2. The number of carboxylic acids is 1. The topological polar surface area (TPSA) is 60.9 Å². The Morgan fingerprint density at radius 3 is 2.80 bits per heavy atom. The number of fused-ring (bicyclic) bond motifs is 1. The van der Waals surface area contributed by atoms with E-state index in [0.29, 0.717) is 13.1 Å². The Labute approximate surface area is 118 Å². The van der Waals surface area contributed by atoms with Gasteiger partial charge in [0.2, 0.25) is 0 Å². The standard InChI is InChI=1S/C15H20N2O3/c1-2-16(11-9-14(18)19)15(20)17-10-5-7-12-6-3-4-8-13(12)17/h3-4,6,8H,2,5,7,9-11H2,1H3,(H,18,19). The Hall–Kier alpha value is -2.04. The maximum absolute atomic E-state index is 12.6. The Morgan fingerprint density at radius 1 is 1.35 bits per heavy atom. The molecular formula is C15H20N2O3. The molecule has 0 saturated carbocycles. The molecule has 5 heteroatoms. The molecule has 0 radical (unpaired) electrons. The van der Waals surface area contributed by atoms with Crippen molar-refractivity contribution in [2.45, 2.75) is 26.2 Å². The molecular weight excluding hydrogens is 256 g/mol. The molecule has 0 bridgehead atoms. The van der Waals surface area contributed by atoms with Crippen LogP contribution < -0.4 is 4.90 Å². The highest BCUT2D eigenvalue weighted by Crippen LogP contribution is 2.27. The monoisotopic (exact) mass is 276 g/mol. The number of anilines is 1. The first kappa shape index (κ1) is 14.4. The van der Waals surface area contributed by atoms with Gasteiger partial charge < -0.3 is 10.0 Å². The molecule has 0 aromatic heterocycles. The van der Waals surface area contributed by atoms with Gasteiger partial charge in [0.05, 0.1) is 6.42 Å². The van der Waals surface area contributed by atoms with Gasteiger partial charge in [-0.2, -0.15) is 0 Å². The molecule has 20 heavy (non-hydrogen) atoms. The van der Waals surface area contributed by atoms with E-state index in [4.69, 9.17) is 5.11 Å². The average molecular weight is 276 g/mol. The lowest BCUT2D eigenvalue weighted by molar-refractivity contribution is -0.137. The highest BCUT2D eigenvalue weighted by Gasteiger charge is 2.25. The normalized spacial score (nSPS) is 13.8. The van der Waals surface area contributed by atoms with E-state index < -0.39 is 5.97 Å². The van der Waals surface area contributed by atoms with Crippen molar-refractivity contribution >= 4 is 17.7 Å². The first-order chi connectivity index (χ1) is 9.63. The largest absolute Gasteiger partial charge is 0.481 e. The summed E-state index contributed by atoms with van der Waals surface area (Å²) in [5, 5.41) is 8.76. The van der Waals surface area contributed by atoms with E-state index >= 15 is 0 Å². The Kier molecular flexibility index (Phi) is 4.61. The summed E-state index contributed by atoms with van der Waals surface area (Å²) in [6.45, 7) is 3.34. The molecule has 0 saturated heterocycles. The number of hydrogen-bond acceptors (Lipinski definition) is 2.